The van der Waals surface area contributed by atoms with Crippen LogP contribution < -0.4 is 4.74 Å². The maximum absolute atomic E-state index is 10.9. The number of ether oxygens (including phenoxy) is 2. The van der Waals surface area contributed by atoms with Crippen LogP contribution in [0.1, 0.15) is 64.2 Å². The normalized spacial score (nSPS) is 10.3. The van der Waals surface area contributed by atoms with E-state index < -0.39 is 5.97 Å². The van der Waals surface area contributed by atoms with Crippen LogP contribution in [0.5, 0.6) is 5.75 Å². The second-order valence-electron chi connectivity index (χ2n) is 7.69. The van der Waals surface area contributed by atoms with E-state index in [-0.39, 0.29) is 0 Å². The number of hydrogen-bond donors (Lipinski definition) is 0. The molecule has 0 amide bonds. The topological polar surface area (TPSA) is 71.9 Å². The van der Waals surface area contributed by atoms with Crippen LogP contribution in [0.3, 0.4) is 0 Å². The molecular weight excluding hydrogens is 388 g/mol. The first kappa shape index (κ1) is 24.4. The Morgan fingerprint density at radius 3 is 1.81 bits per heavy atom. The Kier molecular flexibility index (Phi) is 12.5. The van der Waals surface area contributed by atoms with Crippen molar-refractivity contribution in [3.8, 4) is 16.9 Å². The molecule has 2 aromatic rings. The van der Waals surface area contributed by atoms with Crippen LogP contribution in [-0.2, 0) is 9.53 Å². The zero-order valence-corrected chi connectivity index (χ0v) is 18.4. The van der Waals surface area contributed by atoms with Crippen molar-refractivity contribution in [1.82, 2.24) is 0 Å². The summed E-state index contributed by atoms with van der Waals surface area (Å²) in [5.41, 5.74) is 10.6. The first-order valence-electron chi connectivity index (χ1n) is 11.4. The third-order valence-electron chi connectivity index (χ3n) is 5.18. The molecule has 0 heterocycles. The quantitative estimate of drug-likeness (QED) is 0.102. The fourth-order valence-electron chi connectivity index (χ4n) is 3.44. The molecule has 166 valence electrons. The van der Waals surface area contributed by atoms with E-state index in [0.717, 1.165) is 37.8 Å². The number of benzene rings is 2. The van der Waals surface area contributed by atoms with Gasteiger partial charge in [0.1, 0.15) is 5.75 Å². The van der Waals surface area contributed by atoms with Crippen LogP contribution >= 0.6 is 0 Å². The highest BCUT2D eigenvalue weighted by atomic mass is 16.5. The highest BCUT2D eigenvalue weighted by molar-refractivity contribution is 6.20. The van der Waals surface area contributed by atoms with Gasteiger partial charge in [0.2, 0.25) is 0 Å². The smallest absolute Gasteiger partial charge is 0.413 e. The molecule has 31 heavy (non-hydrogen) atoms. The van der Waals surface area contributed by atoms with Crippen molar-refractivity contribution in [2.24, 2.45) is 0 Å². The fraction of sp³-hybridized carbons (Fsp3) is 0.462. The third-order valence-corrected chi connectivity index (χ3v) is 5.18. The zero-order chi connectivity index (χ0) is 22.0. The minimum Gasteiger partial charge on any atom is -0.494 e. The fourth-order valence-corrected chi connectivity index (χ4v) is 3.44. The molecule has 0 spiro atoms. The van der Waals surface area contributed by atoms with Crippen LogP contribution in [0.4, 0.5) is 0 Å². The number of hydrogen-bond acceptors (Lipinski definition) is 3. The molecule has 0 bridgehead atoms. The maximum atomic E-state index is 10.9. The number of rotatable bonds is 16. The standard InChI is InChI=1S/C26H34N2O3/c27-28-22-26(29)31-21-13-8-6-4-2-1-3-5-7-12-20-30-25-18-16-24(17-19-25)23-14-10-9-11-15-23/h9-11,14-19,22H,1-8,12-13,20-21H2. The van der Waals surface area contributed by atoms with Gasteiger partial charge in [-0.25, -0.2) is 4.79 Å². The molecule has 0 saturated heterocycles. The molecule has 0 atom stereocenters. The number of carbonyl (C=O) groups is 1. The van der Waals surface area contributed by atoms with Crippen molar-refractivity contribution in [3.05, 3.63) is 60.1 Å². The number of esters is 1. The average molecular weight is 423 g/mol. The molecule has 2 rings (SSSR count). The summed E-state index contributed by atoms with van der Waals surface area (Å²) in [7, 11) is 0. The van der Waals surface area contributed by atoms with Gasteiger partial charge >= 0.3 is 12.2 Å². The van der Waals surface area contributed by atoms with Crippen molar-refractivity contribution in [1.29, 1.82) is 0 Å². The lowest BCUT2D eigenvalue weighted by molar-refractivity contribution is -0.139. The Hall–Kier alpha value is -2.91. The molecule has 0 aromatic heterocycles. The van der Waals surface area contributed by atoms with Crippen molar-refractivity contribution < 1.29 is 19.1 Å². The second kappa shape index (κ2) is 15.9. The van der Waals surface area contributed by atoms with Gasteiger partial charge in [-0.2, -0.15) is 4.79 Å². The largest absolute Gasteiger partial charge is 0.494 e. The minimum atomic E-state index is -0.589. The molecule has 0 unspecified atom stereocenters. The van der Waals surface area contributed by atoms with Crippen LogP contribution in [-0.4, -0.2) is 30.2 Å². The van der Waals surface area contributed by atoms with Crippen molar-refractivity contribution in [2.75, 3.05) is 13.2 Å². The first-order chi connectivity index (χ1) is 15.3. The molecule has 0 fully saturated rings. The molecule has 0 aliphatic rings. The third kappa shape index (κ3) is 11.2. The Morgan fingerprint density at radius 2 is 1.23 bits per heavy atom. The van der Waals surface area contributed by atoms with E-state index in [4.69, 9.17) is 15.0 Å². The van der Waals surface area contributed by atoms with Gasteiger partial charge in [-0.05, 0) is 36.1 Å². The monoisotopic (exact) mass is 422 g/mol. The van der Waals surface area contributed by atoms with Gasteiger partial charge in [-0.3, -0.25) is 0 Å². The predicted molar refractivity (Wildman–Crippen MR) is 124 cm³/mol. The van der Waals surface area contributed by atoms with E-state index in [1.807, 2.05) is 6.07 Å². The lowest BCUT2D eigenvalue weighted by Gasteiger charge is -2.08. The summed E-state index contributed by atoms with van der Waals surface area (Å²) in [6.45, 7) is 1.17. The van der Waals surface area contributed by atoms with Gasteiger partial charge in [-0.15, -0.1) is 0 Å². The Labute approximate surface area is 186 Å². The molecule has 0 N–H and O–H groups in total. The van der Waals surface area contributed by atoms with Crippen molar-refractivity contribution >= 4 is 12.2 Å². The summed E-state index contributed by atoms with van der Waals surface area (Å²) in [6, 6.07) is 18.7. The Morgan fingerprint density at radius 1 is 0.710 bits per heavy atom. The maximum Gasteiger partial charge on any atom is 0.413 e. The highest BCUT2D eigenvalue weighted by Gasteiger charge is 2.02. The molecule has 5 nitrogen and oxygen atoms in total. The zero-order valence-electron chi connectivity index (χ0n) is 18.4. The Bertz CT molecular complexity index is 784. The number of carbonyl (C=O) groups excluding carboxylic acids is 1. The summed E-state index contributed by atoms with van der Waals surface area (Å²) >= 11 is 0. The molecule has 0 aliphatic heterocycles. The van der Waals surface area contributed by atoms with Crippen LogP contribution in [0, 0.1) is 0 Å². The van der Waals surface area contributed by atoms with E-state index in [2.05, 4.69) is 53.3 Å². The van der Waals surface area contributed by atoms with Gasteiger partial charge in [-0.1, -0.05) is 93.8 Å². The number of nitrogens with zero attached hydrogens (tertiary/aromatic N) is 2. The lowest BCUT2D eigenvalue weighted by atomic mass is 10.1. The minimum absolute atomic E-state index is 0.393. The van der Waals surface area contributed by atoms with E-state index in [9.17, 15) is 4.79 Å². The van der Waals surface area contributed by atoms with Crippen LogP contribution in [0.2, 0.25) is 0 Å². The van der Waals surface area contributed by atoms with E-state index in [1.165, 1.54) is 56.1 Å². The molecule has 5 heteroatoms. The summed E-state index contributed by atoms with van der Waals surface area (Å²) in [5.74, 6) is 0.352. The number of unbranched alkanes of at least 4 members (excludes halogenated alkanes) is 9. The molecule has 0 saturated carbocycles. The van der Waals surface area contributed by atoms with Gasteiger partial charge in [0.05, 0.1) is 13.2 Å². The van der Waals surface area contributed by atoms with E-state index in [1.54, 1.807) is 0 Å². The summed E-state index contributed by atoms with van der Waals surface area (Å²) in [4.78, 5) is 13.6. The van der Waals surface area contributed by atoms with E-state index >= 15 is 0 Å². The van der Waals surface area contributed by atoms with Crippen molar-refractivity contribution in [3.63, 3.8) is 0 Å². The van der Waals surface area contributed by atoms with Gasteiger partial charge in [0, 0.05) is 0 Å². The summed E-state index contributed by atoms with van der Waals surface area (Å²) in [5, 5.41) is 0. The summed E-state index contributed by atoms with van der Waals surface area (Å²) < 4.78 is 10.7. The molecule has 0 radical (unpaired) electrons. The van der Waals surface area contributed by atoms with Crippen LogP contribution in [0.25, 0.3) is 16.7 Å². The Balaban J connectivity index is 1.38. The molecule has 2 aromatic carbocycles. The molecular formula is C26H34N2O3. The SMILES string of the molecule is [N-]=[N+]=CC(=O)OCCCCCCCCCCCCOc1ccc(-c2ccccc2)cc1. The predicted octanol–water partition coefficient (Wildman–Crippen LogP) is 6.48. The second-order valence-corrected chi connectivity index (χ2v) is 7.69. The highest BCUT2D eigenvalue weighted by Crippen LogP contribution is 2.22. The van der Waals surface area contributed by atoms with Crippen molar-refractivity contribution in [2.45, 2.75) is 64.2 Å². The summed E-state index contributed by atoms with van der Waals surface area (Å²) in [6.07, 6.45) is 12.5. The van der Waals surface area contributed by atoms with Gasteiger partial charge in [0.25, 0.3) is 0 Å². The van der Waals surface area contributed by atoms with E-state index in [0.29, 0.717) is 6.61 Å². The molecule has 0 aliphatic carbocycles. The van der Waals surface area contributed by atoms with Crippen LogP contribution in [0.15, 0.2) is 54.6 Å². The lowest BCUT2D eigenvalue weighted by Crippen LogP contribution is -2.07. The first-order valence-corrected chi connectivity index (χ1v) is 11.4. The average Bonchev–Trinajstić information content (AvgIpc) is 2.80. The van der Waals surface area contributed by atoms with Gasteiger partial charge < -0.3 is 15.0 Å². The van der Waals surface area contributed by atoms with Gasteiger partial charge in [0.15, 0.2) is 0 Å².